The molecule has 9 heteroatoms. The summed E-state index contributed by atoms with van der Waals surface area (Å²) in [7, 11) is -0.864. The van der Waals surface area contributed by atoms with Crippen LogP contribution in [0, 0.1) is 5.82 Å². The van der Waals surface area contributed by atoms with E-state index in [0.717, 1.165) is 12.3 Å². The molecule has 1 aromatic rings. The first-order valence-corrected chi connectivity index (χ1v) is 6.63. The van der Waals surface area contributed by atoms with Gasteiger partial charge in [-0.1, -0.05) is 0 Å². The quantitative estimate of drug-likeness (QED) is 0.631. The molecular weight excluding hydrogens is 305 g/mol. The van der Waals surface area contributed by atoms with Crippen molar-refractivity contribution in [3.05, 3.63) is 18.1 Å². The lowest BCUT2D eigenvalue weighted by atomic mass is 9.80. The van der Waals surface area contributed by atoms with Crippen molar-refractivity contribution in [3.63, 3.8) is 0 Å². The molecule has 0 radical (unpaired) electrons. The molecule has 0 aromatic carbocycles. The maximum Gasteiger partial charge on any atom is 0.496 e. The first kappa shape index (κ1) is 17.0. The third-order valence-electron chi connectivity index (χ3n) is 3.78. The van der Waals surface area contributed by atoms with Crippen molar-refractivity contribution in [2.24, 2.45) is 0 Å². The van der Waals surface area contributed by atoms with Crippen molar-refractivity contribution in [1.82, 2.24) is 4.98 Å². The second kappa shape index (κ2) is 5.70. The van der Waals surface area contributed by atoms with E-state index in [1.807, 2.05) is 27.7 Å². The number of halogens is 4. The molecule has 0 N–H and O–H groups in total. The van der Waals surface area contributed by atoms with Gasteiger partial charge in [0.2, 0.25) is 0 Å². The van der Waals surface area contributed by atoms with Gasteiger partial charge in [0.15, 0.2) is 5.82 Å². The third-order valence-corrected chi connectivity index (χ3v) is 3.78. The topological polar surface area (TPSA) is 40.6 Å². The van der Waals surface area contributed by atoms with Gasteiger partial charge in [-0.05, 0) is 33.8 Å². The minimum absolute atomic E-state index is 0.246. The van der Waals surface area contributed by atoms with Crippen LogP contribution in [0.1, 0.15) is 27.7 Å². The van der Waals surface area contributed by atoms with E-state index in [1.165, 1.54) is 0 Å². The van der Waals surface area contributed by atoms with Gasteiger partial charge in [0, 0.05) is 11.7 Å². The van der Waals surface area contributed by atoms with Crippen molar-refractivity contribution in [3.8, 4) is 5.88 Å². The van der Waals surface area contributed by atoms with Gasteiger partial charge in [0.05, 0.1) is 11.2 Å². The number of hydrogen-bond donors (Lipinski definition) is 0. The van der Waals surface area contributed by atoms with Crippen LogP contribution in [0.5, 0.6) is 5.88 Å². The molecule has 0 amide bonds. The van der Waals surface area contributed by atoms with Crippen molar-refractivity contribution in [2.75, 3.05) is 0 Å². The number of rotatable bonds is 4. The van der Waals surface area contributed by atoms with E-state index in [9.17, 15) is 17.6 Å². The van der Waals surface area contributed by atoms with Crippen LogP contribution >= 0.6 is 0 Å². The van der Waals surface area contributed by atoms with Crippen LogP contribution in [0.4, 0.5) is 17.6 Å². The Hall–Kier alpha value is -1.35. The first-order chi connectivity index (χ1) is 10.0. The van der Waals surface area contributed by atoms with Gasteiger partial charge >= 0.3 is 13.5 Å². The van der Waals surface area contributed by atoms with Crippen LogP contribution in [-0.4, -0.2) is 36.1 Å². The molecule has 0 spiro atoms. The SMILES string of the molecule is CC1(C)OB(c2cnc(OC(F)C(F)F)c(F)c2)OC1(C)C. The maximum atomic E-state index is 13.8. The molecule has 0 saturated carbocycles. The molecule has 1 unspecified atom stereocenters. The molecule has 2 heterocycles. The highest BCUT2D eigenvalue weighted by molar-refractivity contribution is 6.62. The zero-order valence-electron chi connectivity index (χ0n) is 12.6. The second-order valence-corrected chi connectivity index (χ2v) is 5.95. The van der Waals surface area contributed by atoms with Crippen molar-refractivity contribution in [2.45, 2.75) is 51.7 Å². The monoisotopic (exact) mass is 321 g/mol. The summed E-state index contributed by atoms with van der Waals surface area (Å²) in [6, 6.07) is 0.961. The minimum Gasteiger partial charge on any atom is -0.435 e. The van der Waals surface area contributed by atoms with Gasteiger partial charge in [-0.2, -0.15) is 4.39 Å². The summed E-state index contributed by atoms with van der Waals surface area (Å²) < 4.78 is 66.2. The average Bonchev–Trinajstić information content (AvgIpc) is 2.60. The largest absolute Gasteiger partial charge is 0.496 e. The van der Waals surface area contributed by atoms with E-state index in [-0.39, 0.29) is 5.46 Å². The first-order valence-electron chi connectivity index (χ1n) is 6.63. The standard InChI is InChI=1S/C13H16BF4NO3/c1-12(2)13(3,4)22-14(21-12)7-5-8(15)11(19-6-7)20-10(18)9(16)17/h5-6,9-10H,1-4H3. The molecule has 22 heavy (non-hydrogen) atoms. The Labute approximate surface area is 125 Å². The molecule has 1 aliphatic rings. The van der Waals surface area contributed by atoms with E-state index >= 15 is 0 Å². The van der Waals surface area contributed by atoms with E-state index in [2.05, 4.69) is 9.72 Å². The molecule has 1 aliphatic heterocycles. The number of aromatic nitrogens is 1. The Morgan fingerprint density at radius 2 is 1.68 bits per heavy atom. The third kappa shape index (κ3) is 3.20. The summed E-state index contributed by atoms with van der Waals surface area (Å²) in [5, 5.41) is 0. The summed E-state index contributed by atoms with van der Waals surface area (Å²) in [6.45, 7) is 7.30. The van der Waals surface area contributed by atoms with Crippen molar-refractivity contribution in [1.29, 1.82) is 0 Å². The Morgan fingerprint density at radius 3 is 2.14 bits per heavy atom. The van der Waals surface area contributed by atoms with E-state index in [1.54, 1.807) is 0 Å². The van der Waals surface area contributed by atoms with Gasteiger partial charge in [-0.25, -0.2) is 18.2 Å². The zero-order chi connectivity index (χ0) is 16.7. The summed E-state index contributed by atoms with van der Waals surface area (Å²) in [4.78, 5) is 3.51. The zero-order valence-corrected chi connectivity index (χ0v) is 12.6. The highest BCUT2D eigenvalue weighted by atomic mass is 19.3. The summed E-state index contributed by atoms with van der Waals surface area (Å²) in [6.07, 6.45) is -5.19. The summed E-state index contributed by atoms with van der Waals surface area (Å²) in [5.41, 5.74) is -0.998. The van der Waals surface area contributed by atoms with Crippen molar-refractivity contribution < 1.29 is 31.6 Å². The van der Waals surface area contributed by atoms with E-state index < -0.39 is 42.8 Å². The van der Waals surface area contributed by atoms with Gasteiger partial charge in [-0.3, -0.25) is 0 Å². The minimum atomic E-state index is -3.39. The van der Waals surface area contributed by atoms with Gasteiger partial charge in [0.25, 0.3) is 12.2 Å². The number of nitrogens with zero attached hydrogens (tertiary/aromatic N) is 1. The lowest BCUT2D eigenvalue weighted by Crippen LogP contribution is -2.41. The molecule has 1 saturated heterocycles. The lowest BCUT2D eigenvalue weighted by Gasteiger charge is -2.32. The summed E-state index contributed by atoms with van der Waals surface area (Å²) >= 11 is 0. The fourth-order valence-electron chi connectivity index (χ4n) is 1.79. The predicted molar refractivity (Wildman–Crippen MR) is 71.4 cm³/mol. The van der Waals surface area contributed by atoms with Crippen molar-refractivity contribution >= 4 is 12.6 Å². The molecule has 4 nitrogen and oxygen atoms in total. The van der Waals surface area contributed by atoms with E-state index in [4.69, 9.17) is 9.31 Å². The smallest absolute Gasteiger partial charge is 0.435 e. The molecule has 0 bridgehead atoms. The van der Waals surface area contributed by atoms with Crippen LogP contribution in [0.25, 0.3) is 0 Å². The van der Waals surface area contributed by atoms with Gasteiger partial charge in [0.1, 0.15) is 0 Å². The van der Waals surface area contributed by atoms with Gasteiger partial charge in [-0.15, -0.1) is 0 Å². The molecule has 2 rings (SSSR count). The molecule has 1 fully saturated rings. The normalized spacial score (nSPS) is 21.2. The number of ether oxygens (including phenoxy) is 1. The predicted octanol–water partition coefficient (Wildman–Crippen LogP) is 2.46. The summed E-state index contributed by atoms with van der Waals surface area (Å²) in [5.74, 6) is -1.91. The lowest BCUT2D eigenvalue weighted by molar-refractivity contribution is -0.0707. The highest BCUT2D eigenvalue weighted by Gasteiger charge is 2.52. The average molecular weight is 321 g/mol. The molecule has 1 aromatic heterocycles. The molecular formula is C13H16BF4NO3. The Morgan fingerprint density at radius 1 is 1.14 bits per heavy atom. The fourth-order valence-corrected chi connectivity index (χ4v) is 1.79. The number of hydrogen-bond acceptors (Lipinski definition) is 4. The van der Waals surface area contributed by atoms with Crippen LogP contribution in [0.3, 0.4) is 0 Å². The van der Waals surface area contributed by atoms with E-state index in [0.29, 0.717) is 0 Å². The van der Waals surface area contributed by atoms with Gasteiger partial charge < -0.3 is 14.0 Å². The Balaban J connectivity index is 2.17. The van der Waals surface area contributed by atoms with Crippen LogP contribution in [0.15, 0.2) is 12.3 Å². The van der Waals surface area contributed by atoms with Crippen LogP contribution in [0.2, 0.25) is 0 Å². The Bertz CT molecular complexity index is 540. The second-order valence-electron chi connectivity index (χ2n) is 5.95. The molecule has 122 valence electrons. The maximum absolute atomic E-state index is 13.8. The van der Waals surface area contributed by atoms with Crippen LogP contribution in [-0.2, 0) is 9.31 Å². The van der Waals surface area contributed by atoms with Crippen LogP contribution < -0.4 is 10.2 Å². The molecule has 0 aliphatic carbocycles. The Kier molecular flexibility index (Phi) is 4.41. The fraction of sp³-hybridized carbons (Fsp3) is 0.615. The molecule has 1 atom stereocenters. The highest BCUT2D eigenvalue weighted by Crippen LogP contribution is 2.36. The number of pyridine rings is 1. The number of alkyl halides is 3.